The molecule has 0 aromatic rings. The molecule has 88 valence electrons. The Morgan fingerprint density at radius 3 is 2.13 bits per heavy atom. The van der Waals surface area contributed by atoms with Gasteiger partial charge in [-0.2, -0.15) is 13.2 Å². The molecule has 0 unspecified atom stereocenters. The summed E-state index contributed by atoms with van der Waals surface area (Å²) in [6, 6.07) is 0. The third kappa shape index (κ3) is 2.82. The van der Waals surface area contributed by atoms with Crippen molar-refractivity contribution in [3.05, 3.63) is 0 Å². The number of amides is 1. The van der Waals surface area contributed by atoms with Crippen LogP contribution in [0.25, 0.3) is 0 Å². The number of halogens is 3. The first-order valence-electron chi connectivity index (χ1n) is 4.48. The standard InChI is InChI=1S/C8H12F3NO3/c9-8(10,11)6(14)12-3-1-7(15,5-13)2-4-12/h13,15H,1-5H2. The van der Waals surface area contributed by atoms with E-state index < -0.39 is 24.3 Å². The van der Waals surface area contributed by atoms with Crippen LogP contribution >= 0.6 is 0 Å². The summed E-state index contributed by atoms with van der Waals surface area (Å²) in [6.45, 7) is -0.869. The van der Waals surface area contributed by atoms with E-state index in [-0.39, 0.29) is 25.9 Å². The summed E-state index contributed by atoms with van der Waals surface area (Å²) in [5.74, 6) is -1.89. The van der Waals surface area contributed by atoms with Crippen LogP contribution in [0.3, 0.4) is 0 Å². The molecule has 0 aromatic carbocycles. The van der Waals surface area contributed by atoms with Crippen molar-refractivity contribution in [1.29, 1.82) is 0 Å². The van der Waals surface area contributed by atoms with Crippen LogP contribution < -0.4 is 0 Å². The van der Waals surface area contributed by atoms with E-state index in [9.17, 15) is 23.1 Å². The lowest BCUT2D eigenvalue weighted by atomic mass is 9.92. The number of carbonyl (C=O) groups excluding carboxylic acids is 1. The highest BCUT2D eigenvalue weighted by Crippen LogP contribution is 2.25. The van der Waals surface area contributed by atoms with Gasteiger partial charge in [-0.05, 0) is 12.8 Å². The van der Waals surface area contributed by atoms with Gasteiger partial charge in [-0.25, -0.2) is 0 Å². The monoisotopic (exact) mass is 227 g/mol. The fraction of sp³-hybridized carbons (Fsp3) is 0.875. The van der Waals surface area contributed by atoms with Gasteiger partial charge in [0.1, 0.15) is 0 Å². The lowest BCUT2D eigenvalue weighted by Crippen LogP contribution is -2.51. The molecule has 0 bridgehead atoms. The summed E-state index contributed by atoms with van der Waals surface area (Å²) in [6.07, 6.45) is -4.94. The number of hydrogen-bond acceptors (Lipinski definition) is 3. The van der Waals surface area contributed by atoms with Gasteiger partial charge in [-0.15, -0.1) is 0 Å². The molecule has 1 rings (SSSR count). The molecule has 0 spiro atoms. The Kier molecular flexibility index (Phi) is 3.25. The summed E-state index contributed by atoms with van der Waals surface area (Å²) in [7, 11) is 0. The highest BCUT2D eigenvalue weighted by molar-refractivity contribution is 5.81. The molecule has 4 nitrogen and oxygen atoms in total. The topological polar surface area (TPSA) is 60.8 Å². The van der Waals surface area contributed by atoms with Crippen molar-refractivity contribution in [3.63, 3.8) is 0 Å². The molecule has 1 amide bonds. The lowest BCUT2D eigenvalue weighted by Gasteiger charge is -2.37. The van der Waals surface area contributed by atoms with Gasteiger partial charge in [0.15, 0.2) is 0 Å². The summed E-state index contributed by atoms with van der Waals surface area (Å²) in [5.41, 5.74) is -1.34. The molecule has 0 atom stereocenters. The first-order valence-corrected chi connectivity index (χ1v) is 4.48. The maximum atomic E-state index is 12.0. The molecular formula is C8H12F3NO3. The van der Waals surface area contributed by atoms with Crippen molar-refractivity contribution in [3.8, 4) is 0 Å². The Morgan fingerprint density at radius 1 is 1.33 bits per heavy atom. The Labute approximate surface area is 84.3 Å². The van der Waals surface area contributed by atoms with Gasteiger partial charge in [0.25, 0.3) is 0 Å². The minimum Gasteiger partial charge on any atom is -0.393 e. The van der Waals surface area contributed by atoms with Crippen molar-refractivity contribution < 1.29 is 28.2 Å². The van der Waals surface area contributed by atoms with Gasteiger partial charge < -0.3 is 15.1 Å². The quantitative estimate of drug-likeness (QED) is 0.657. The smallest absolute Gasteiger partial charge is 0.393 e. The highest BCUT2D eigenvalue weighted by atomic mass is 19.4. The van der Waals surface area contributed by atoms with E-state index in [1.165, 1.54) is 0 Å². The van der Waals surface area contributed by atoms with E-state index in [0.29, 0.717) is 4.90 Å². The predicted molar refractivity (Wildman–Crippen MR) is 43.9 cm³/mol. The van der Waals surface area contributed by atoms with Crippen LogP contribution in [0.15, 0.2) is 0 Å². The molecule has 0 radical (unpaired) electrons. The SMILES string of the molecule is O=C(N1CCC(O)(CO)CC1)C(F)(F)F. The van der Waals surface area contributed by atoms with Gasteiger partial charge >= 0.3 is 12.1 Å². The number of alkyl halides is 3. The van der Waals surface area contributed by atoms with E-state index >= 15 is 0 Å². The minimum absolute atomic E-state index is 0.0364. The van der Waals surface area contributed by atoms with Gasteiger partial charge in [0.05, 0.1) is 12.2 Å². The zero-order chi connectivity index (χ0) is 11.7. The van der Waals surface area contributed by atoms with Crippen LogP contribution in [0, 0.1) is 0 Å². The molecule has 1 heterocycles. The average Bonchev–Trinajstić information content (AvgIpc) is 2.17. The molecule has 15 heavy (non-hydrogen) atoms. The normalized spacial score (nSPS) is 21.5. The fourth-order valence-electron chi connectivity index (χ4n) is 1.46. The van der Waals surface area contributed by atoms with Crippen molar-refractivity contribution in [2.45, 2.75) is 24.6 Å². The number of piperidine rings is 1. The second-order valence-corrected chi connectivity index (χ2v) is 3.67. The van der Waals surface area contributed by atoms with Crippen LogP contribution in [0.1, 0.15) is 12.8 Å². The second kappa shape index (κ2) is 3.97. The van der Waals surface area contributed by atoms with Crippen molar-refractivity contribution >= 4 is 5.91 Å². The van der Waals surface area contributed by atoms with Crippen LogP contribution in [0.5, 0.6) is 0 Å². The molecule has 1 saturated heterocycles. The van der Waals surface area contributed by atoms with Gasteiger partial charge in [-0.3, -0.25) is 4.79 Å². The molecule has 2 N–H and O–H groups in total. The molecule has 1 aliphatic rings. The molecule has 0 aliphatic carbocycles. The number of aliphatic hydroxyl groups excluding tert-OH is 1. The first kappa shape index (κ1) is 12.3. The van der Waals surface area contributed by atoms with Gasteiger partial charge in [-0.1, -0.05) is 0 Å². The van der Waals surface area contributed by atoms with E-state index in [1.807, 2.05) is 0 Å². The van der Waals surface area contributed by atoms with E-state index in [2.05, 4.69) is 0 Å². The van der Waals surface area contributed by atoms with Gasteiger partial charge in [0, 0.05) is 13.1 Å². The van der Waals surface area contributed by atoms with Crippen molar-refractivity contribution in [1.82, 2.24) is 4.90 Å². The number of nitrogens with zero attached hydrogens (tertiary/aromatic N) is 1. The summed E-state index contributed by atoms with van der Waals surface area (Å²) >= 11 is 0. The summed E-state index contributed by atoms with van der Waals surface area (Å²) in [4.78, 5) is 11.4. The Morgan fingerprint density at radius 2 is 1.80 bits per heavy atom. The largest absolute Gasteiger partial charge is 0.471 e. The number of aliphatic hydroxyl groups is 2. The predicted octanol–water partition coefficient (Wildman–Crippen LogP) is -0.105. The van der Waals surface area contributed by atoms with Crippen LogP contribution in [0.4, 0.5) is 13.2 Å². The third-order valence-corrected chi connectivity index (χ3v) is 2.52. The summed E-state index contributed by atoms with van der Waals surface area (Å²) < 4.78 is 36.0. The minimum atomic E-state index is -4.87. The molecule has 0 saturated carbocycles. The van der Waals surface area contributed by atoms with Crippen LogP contribution in [0.2, 0.25) is 0 Å². The second-order valence-electron chi connectivity index (χ2n) is 3.67. The number of hydrogen-bond donors (Lipinski definition) is 2. The molecule has 7 heteroatoms. The Hall–Kier alpha value is -0.820. The van der Waals surface area contributed by atoms with Crippen LogP contribution in [-0.2, 0) is 4.79 Å². The van der Waals surface area contributed by atoms with Crippen LogP contribution in [-0.4, -0.2) is 52.5 Å². The molecule has 0 aromatic heterocycles. The first-order chi connectivity index (χ1) is 6.78. The van der Waals surface area contributed by atoms with E-state index in [1.54, 1.807) is 0 Å². The maximum absolute atomic E-state index is 12.0. The number of rotatable bonds is 1. The molecule has 1 aliphatic heterocycles. The molecule has 1 fully saturated rings. The highest BCUT2D eigenvalue weighted by Gasteiger charge is 2.45. The zero-order valence-electron chi connectivity index (χ0n) is 7.92. The van der Waals surface area contributed by atoms with Gasteiger partial charge in [0.2, 0.25) is 0 Å². The Balaban J connectivity index is 2.55. The maximum Gasteiger partial charge on any atom is 0.471 e. The molecular weight excluding hydrogens is 215 g/mol. The Bertz CT molecular complexity index is 246. The van der Waals surface area contributed by atoms with Crippen molar-refractivity contribution in [2.75, 3.05) is 19.7 Å². The number of carbonyl (C=O) groups is 1. The van der Waals surface area contributed by atoms with E-state index in [4.69, 9.17) is 5.11 Å². The lowest BCUT2D eigenvalue weighted by molar-refractivity contribution is -0.189. The summed E-state index contributed by atoms with van der Waals surface area (Å²) in [5, 5.41) is 18.3. The van der Waals surface area contributed by atoms with E-state index in [0.717, 1.165) is 0 Å². The average molecular weight is 227 g/mol. The fourth-order valence-corrected chi connectivity index (χ4v) is 1.46. The van der Waals surface area contributed by atoms with Crippen molar-refractivity contribution in [2.24, 2.45) is 0 Å². The number of likely N-dealkylation sites (tertiary alicyclic amines) is 1. The third-order valence-electron chi connectivity index (χ3n) is 2.52. The zero-order valence-corrected chi connectivity index (χ0v) is 7.92.